The molecule has 1 atom stereocenters. The Balaban J connectivity index is 2.34. The van der Waals surface area contributed by atoms with Crippen LogP contribution in [0.25, 0.3) is 0 Å². The highest BCUT2D eigenvalue weighted by atomic mass is 16.4. The fourth-order valence-electron chi connectivity index (χ4n) is 1.42. The third-order valence-corrected chi connectivity index (χ3v) is 2.30. The zero-order valence-electron chi connectivity index (χ0n) is 9.72. The van der Waals surface area contributed by atoms with E-state index in [0.717, 1.165) is 5.69 Å². The van der Waals surface area contributed by atoms with Crippen LogP contribution >= 0.6 is 0 Å². The molecular formula is C12H16N2O3. The van der Waals surface area contributed by atoms with Gasteiger partial charge in [0.1, 0.15) is 0 Å². The van der Waals surface area contributed by atoms with Crippen molar-refractivity contribution in [2.75, 3.05) is 0 Å². The molecule has 0 aliphatic heterocycles. The molecule has 0 aliphatic rings. The molecule has 1 amide bonds. The predicted molar refractivity (Wildman–Crippen MR) is 62.3 cm³/mol. The Morgan fingerprint density at radius 3 is 2.76 bits per heavy atom. The van der Waals surface area contributed by atoms with Crippen molar-refractivity contribution in [3.63, 3.8) is 0 Å². The maximum Gasteiger partial charge on any atom is 0.303 e. The highest BCUT2D eigenvalue weighted by molar-refractivity contribution is 5.77. The minimum Gasteiger partial charge on any atom is -0.481 e. The summed E-state index contributed by atoms with van der Waals surface area (Å²) in [4.78, 5) is 25.9. The first-order chi connectivity index (χ1) is 8.09. The van der Waals surface area contributed by atoms with Crippen LogP contribution in [0.15, 0.2) is 24.4 Å². The number of pyridine rings is 1. The minimum absolute atomic E-state index is 0.0192. The SMILES string of the molecule is CC(NC(=O)CCCC(=O)O)c1ccccn1. The van der Waals surface area contributed by atoms with Gasteiger partial charge in [-0.05, 0) is 25.5 Å². The van der Waals surface area contributed by atoms with Gasteiger partial charge in [0.05, 0.1) is 11.7 Å². The summed E-state index contributed by atoms with van der Waals surface area (Å²) in [5.41, 5.74) is 0.791. The molecule has 1 aromatic rings. The van der Waals surface area contributed by atoms with Crippen molar-refractivity contribution in [1.82, 2.24) is 10.3 Å². The third-order valence-electron chi connectivity index (χ3n) is 2.30. The molecule has 1 rings (SSSR count). The van der Waals surface area contributed by atoms with E-state index in [2.05, 4.69) is 10.3 Å². The van der Waals surface area contributed by atoms with E-state index in [0.29, 0.717) is 6.42 Å². The van der Waals surface area contributed by atoms with Crippen LogP contribution in [0.3, 0.4) is 0 Å². The average molecular weight is 236 g/mol. The van der Waals surface area contributed by atoms with Crippen molar-refractivity contribution < 1.29 is 14.7 Å². The third kappa shape index (κ3) is 5.10. The van der Waals surface area contributed by atoms with Crippen LogP contribution in [0, 0.1) is 0 Å². The van der Waals surface area contributed by atoms with Gasteiger partial charge in [0.25, 0.3) is 0 Å². The van der Waals surface area contributed by atoms with E-state index in [4.69, 9.17) is 5.11 Å². The molecule has 1 aromatic heterocycles. The van der Waals surface area contributed by atoms with Gasteiger partial charge in [-0.1, -0.05) is 6.07 Å². The lowest BCUT2D eigenvalue weighted by atomic mass is 10.2. The monoisotopic (exact) mass is 236 g/mol. The van der Waals surface area contributed by atoms with Crippen molar-refractivity contribution in [2.24, 2.45) is 0 Å². The fourth-order valence-corrected chi connectivity index (χ4v) is 1.42. The second kappa shape index (κ2) is 6.62. The van der Waals surface area contributed by atoms with Crippen LogP contribution in [0.4, 0.5) is 0 Å². The molecule has 5 nitrogen and oxygen atoms in total. The molecule has 92 valence electrons. The Kier molecular flexibility index (Phi) is 5.13. The Labute approximate surface area is 99.9 Å². The molecular weight excluding hydrogens is 220 g/mol. The van der Waals surface area contributed by atoms with Gasteiger partial charge >= 0.3 is 5.97 Å². The van der Waals surface area contributed by atoms with Crippen molar-refractivity contribution in [2.45, 2.75) is 32.2 Å². The number of carbonyl (C=O) groups is 2. The van der Waals surface area contributed by atoms with E-state index in [1.807, 2.05) is 25.1 Å². The van der Waals surface area contributed by atoms with Crippen LogP contribution in [0.5, 0.6) is 0 Å². The lowest BCUT2D eigenvalue weighted by Gasteiger charge is -2.12. The molecule has 0 bridgehead atoms. The molecule has 0 aliphatic carbocycles. The van der Waals surface area contributed by atoms with E-state index in [1.165, 1.54) is 0 Å². The van der Waals surface area contributed by atoms with Gasteiger partial charge in [0.2, 0.25) is 5.91 Å². The molecule has 0 aromatic carbocycles. The minimum atomic E-state index is -0.879. The summed E-state index contributed by atoms with van der Waals surface area (Å²) in [6.07, 6.45) is 2.27. The molecule has 0 spiro atoms. The summed E-state index contributed by atoms with van der Waals surface area (Å²) in [5, 5.41) is 11.2. The molecule has 1 heterocycles. The summed E-state index contributed by atoms with van der Waals surface area (Å²) < 4.78 is 0. The van der Waals surface area contributed by atoms with Crippen LogP contribution in [0.1, 0.15) is 37.9 Å². The summed E-state index contributed by atoms with van der Waals surface area (Å²) in [7, 11) is 0. The molecule has 0 fully saturated rings. The second-order valence-corrected chi connectivity index (χ2v) is 3.79. The number of hydrogen-bond acceptors (Lipinski definition) is 3. The lowest BCUT2D eigenvalue weighted by Crippen LogP contribution is -2.27. The Bertz CT molecular complexity index is 379. The standard InChI is InChI=1S/C12H16N2O3/c1-9(10-5-2-3-8-13-10)14-11(15)6-4-7-12(16)17/h2-3,5,8-9H,4,6-7H2,1H3,(H,14,15)(H,16,17). The van der Waals surface area contributed by atoms with Gasteiger partial charge in [-0.3, -0.25) is 14.6 Å². The smallest absolute Gasteiger partial charge is 0.303 e. The first kappa shape index (κ1) is 13.2. The molecule has 5 heteroatoms. The topological polar surface area (TPSA) is 79.3 Å². The van der Waals surface area contributed by atoms with E-state index in [1.54, 1.807) is 6.20 Å². The summed E-state index contributed by atoms with van der Waals surface area (Å²) >= 11 is 0. The number of nitrogens with one attached hydrogen (secondary N) is 1. The number of rotatable bonds is 6. The fraction of sp³-hybridized carbons (Fsp3) is 0.417. The number of nitrogens with zero attached hydrogens (tertiary/aromatic N) is 1. The first-order valence-corrected chi connectivity index (χ1v) is 5.51. The number of aliphatic carboxylic acids is 1. The van der Waals surface area contributed by atoms with Gasteiger partial charge in [0, 0.05) is 19.0 Å². The summed E-state index contributed by atoms with van der Waals surface area (Å²) in [6, 6.07) is 5.34. The number of carbonyl (C=O) groups excluding carboxylic acids is 1. The Hall–Kier alpha value is -1.91. The average Bonchev–Trinajstić information content (AvgIpc) is 2.29. The van der Waals surface area contributed by atoms with Gasteiger partial charge in [-0.25, -0.2) is 0 Å². The van der Waals surface area contributed by atoms with E-state index in [-0.39, 0.29) is 24.8 Å². The Morgan fingerprint density at radius 2 is 2.18 bits per heavy atom. The van der Waals surface area contributed by atoms with E-state index < -0.39 is 5.97 Å². The lowest BCUT2D eigenvalue weighted by molar-refractivity contribution is -0.137. The molecule has 0 saturated carbocycles. The van der Waals surface area contributed by atoms with Crippen LogP contribution in [-0.2, 0) is 9.59 Å². The summed E-state index contributed by atoms with van der Waals surface area (Å²) in [6.45, 7) is 1.84. The van der Waals surface area contributed by atoms with Crippen molar-refractivity contribution in [3.8, 4) is 0 Å². The largest absolute Gasteiger partial charge is 0.481 e. The van der Waals surface area contributed by atoms with Gasteiger partial charge < -0.3 is 10.4 Å². The molecule has 0 saturated heterocycles. The number of amides is 1. The zero-order valence-corrected chi connectivity index (χ0v) is 9.72. The van der Waals surface area contributed by atoms with Crippen LogP contribution < -0.4 is 5.32 Å². The molecule has 2 N–H and O–H groups in total. The summed E-state index contributed by atoms with van der Waals surface area (Å²) in [5.74, 6) is -1.03. The second-order valence-electron chi connectivity index (χ2n) is 3.79. The number of carboxylic acid groups (broad SMARTS) is 1. The predicted octanol–water partition coefficient (Wildman–Crippen LogP) is 1.51. The molecule has 0 radical (unpaired) electrons. The normalized spacial score (nSPS) is 11.8. The van der Waals surface area contributed by atoms with Crippen LogP contribution in [-0.4, -0.2) is 22.0 Å². The quantitative estimate of drug-likeness (QED) is 0.784. The molecule has 1 unspecified atom stereocenters. The maximum atomic E-state index is 11.5. The molecule has 17 heavy (non-hydrogen) atoms. The van der Waals surface area contributed by atoms with E-state index >= 15 is 0 Å². The number of hydrogen-bond donors (Lipinski definition) is 2. The first-order valence-electron chi connectivity index (χ1n) is 5.51. The number of carboxylic acids is 1. The van der Waals surface area contributed by atoms with Gasteiger partial charge in [-0.2, -0.15) is 0 Å². The number of aromatic nitrogens is 1. The highest BCUT2D eigenvalue weighted by Crippen LogP contribution is 2.08. The van der Waals surface area contributed by atoms with Crippen molar-refractivity contribution >= 4 is 11.9 Å². The van der Waals surface area contributed by atoms with Crippen molar-refractivity contribution in [1.29, 1.82) is 0 Å². The van der Waals surface area contributed by atoms with Gasteiger partial charge in [0.15, 0.2) is 0 Å². The zero-order chi connectivity index (χ0) is 12.7. The van der Waals surface area contributed by atoms with Crippen LogP contribution in [0.2, 0.25) is 0 Å². The van der Waals surface area contributed by atoms with E-state index in [9.17, 15) is 9.59 Å². The maximum absolute atomic E-state index is 11.5. The highest BCUT2D eigenvalue weighted by Gasteiger charge is 2.10. The Morgan fingerprint density at radius 1 is 1.41 bits per heavy atom. The van der Waals surface area contributed by atoms with Crippen molar-refractivity contribution in [3.05, 3.63) is 30.1 Å². The van der Waals surface area contributed by atoms with Gasteiger partial charge in [-0.15, -0.1) is 0 Å².